The number of halogens is 2. The van der Waals surface area contributed by atoms with Gasteiger partial charge in [0.05, 0.1) is 28.6 Å². The molecule has 2 atom stereocenters. The lowest BCUT2D eigenvalue weighted by molar-refractivity contribution is 0.557. The van der Waals surface area contributed by atoms with Crippen molar-refractivity contribution in [1.29, 1.82) is 0 Å². The van der Waals surface area contributed by atoms with Crippen molar-refractivity contribution in [3.63, 3.8) is 0 Å². The number of nitrogens with zero attached hydrogens (tertiary/aromatic N) is 8. The Labute approximate surface area is 207 Å². The molecule has 0 saturated heterocycles. The van der Waals surface area contributed by atoms with E-state index in [4.69, 9.17) is 17.3 Å². The normalized spacial score (nSPS) is 16.9. The van der Waals surface area contributed by atoms with Gasteiger partial charge in [0.2, 0.25) is 0 Å². The molecule has 0 spiro atoms. The zero-order valence-electron chi connectivity index (χ0n) is 18.8. The van der Waals surface area contributed by atoms with Crippen LogP contribution in [0.15, 0.2) is 53.7 Å². The predicted octanol–water partition coefficient (Wildman–Crippen LogP) is 3.14. The largest absolute Gasteiger partial charge is 0.382 e. The van der Waals surface area contributed by atoms with E-state index < -0.39 is 5.82 Å². The first-order chi connectivity index (χ1) is 17.4. The fraction of sp³-hybridized carbons (Fsp3) is 0.174. The Bertz CT molecular complexity index is 1640. The number of imidazole rings is 1. The number of pyridine rings is 1. The molecule has 0 saturated carbocycles. The highest BCUT2D eigenvalue weighted by molar-refractivity contribution is 6.31. The van der Waals surface area contributed by atoms with Crippen molar-refractivity contribution in [2.24, 2.45) is 0 Å². The summed E-state index contributed by atoms with van der Waals surface area (Å²) in [4.78, 5) is 21.2. The molecule has 11 nitrogen and oxygen atoms in total. The summed E-state index contributed by atoms with van der Waals surface area (Å²) < 4.78 is 18.3. The molecule has 1 aliphatic rings. The molecule has 0 bridgehead atoms. The highest BCUT2D eigenvalue weighted by Gasteiger charge is 2.33. The van der Waals surface area contributed by atoms with E-state index in [1.165, 1.54) is 23.1 Å². The van der Waals surface area contributed by atoms with Gasteiger partial charge in [-0.2, -0.15) is 4.68 Å². The number of anilines is 1. The molecule has 1 aromatic carbocycles. The second kappa shape index (κ2) is 8.34. The smallest absolute Gasteiger partial charge is 0.252 e. The third kappa shape index (κ3) is 3.53. The van der Waals surface area contributed by atoms with Gasteiger partial charge < -0.3 is 15.3 Å². The topological polar surface area (TPSA) is 146 Å². The van der Waals surface area contributed by atoms with E-state index in [2.05, 4.69) is 35.7 Å². The number of H-pyrrole nitrogens is 1. The molecule has 0 fully saturated rings. The van der Waals surface area contributed by atoms with Crippen LogP contribution in [0.5, 0.6) is 0 Å². The van der Waals surface area contributed by atoms with Crippen molar-refractivity contribution < 1.29 is 4.39 Å². The van der Waals surface area contributed by atoms with Crippen LogP contribution >= 0.6 is 11.6 Å². The van der Waals surface area contributed by atoms with Gasteiger partial charge in [-0.3, -0.25) is 4.79 Å². The monoisotopic (exact) mass is 504 g/mol. The first-order valence-electron chi connectivity index (χ1n) is 11.0. The quantitative estimate of drug-likeness (QED) is 0.379. The van der Waals surface area contributed by atoms with E-state index in [9.17, 15) is 4.79 Å². The first-order valence-corrected chi connectivity index (χ1v) is 11.4. The van der Waals surface area contributed by atoms with E-state index in [1.807, 2.05) is 13.0 Å². The Balaban J connectivity index is 1.44. The maximum Gasteiger partial charge on any atom is 0.252 e. The average molecular weight is 505 g/mol. The van der Waals surface area contributed by atoms with Crippen molar-refractivity contribution in [2.75, 3.05) is 5.73 Å². The summed E-state index contributed by atoms with van der Waals surface area (Å²) in [5.74, 6) is 0.286. The maximum atomic E-state index is 15.3. The lowest BCUT2D eigenvalue weighted by Gasteiger charge is -2.15. The van der Waals surface area contributed by atoms with E-state index in [0.29, 0.717) is 40.7 Å². The number of aromatic amines is 1. The summed E-state index contributed by atoms with van der Waals surface area (Å²) in [6, 6.07) is 9.31. The van der Waals surface area contributed by atoms with Crippen LogP contribution < -0.4 is 11.3 Å². The highest BCUT2D eigenvalue weighted by atomic mass is 35.5. The van der Waals surface area contributed by atoms with Crippen LogP contribution in [0.4, 0.5) is 10.2 Å². The fourth-order valence-corrected chi connectivity index (χ4v) is 4.81. The number of hydrogen-bond acceptors (Lipinski definition) is 8. The standard InChI is InChI=1S/C23H18ClFN10O/c1-11-6-18(23-27-9-15(29-23)14-3-5-19(26)31-30-14)35-17(11)7-12(8-20(35)36)21-16(34-10-28-32-33-34)4-2-13(24)22(21)25/h2-5,7-11,18H,6H2,1H3,(H2,26,31)(H,27,29)/t11-,18-/m0/s1. The van der Waals surface area contributed by atoms with Gasteiger partial charge in [0.25, 0.3) is 5.56 Å². The van der Waals surface area contributed by atoms with Gasteiger partial charge >= 0.3 is 0 Å². The molecule has 4 aromatic heterocycles. The maximum absolute atomic E-state index is 15.3. The molecule has 180 valence electrons. The van der Waals surface area contributed by atoms with Crippen molar-refractivity contribution in [2.45, 2.75) is 25.3 Å². The zero-order chi connectivity index (χ0) is 25.0. The molecule has 36 heavy (non-hydrogen) atoms. The highest BCUT2D eigenvalue weighted by Crippen LogP contribution is 2.40. The number of rotatable bonds is 4. The van der Waals surface area contributed by atoms with Crippen molar-refractivity contribution in [1.82, 2.24) is 44.9 Å². The van der Waals surface area contributed by atoms with Crippen LogP contribution in [-0.2, 0) is 0 Å². The number of nitrogens with two attached hydrogens (primary N) is 1. The fourth-order valence-electron chi connectivity index (χ4n) is 4.65. The zero-order valence-corrected chi connectivity index (χ0v) is 19.6. The Morgan fingerprint density at radius 2 is 2.06 bits per heavy atom. The van der Waals surface area contributed by atoms with E-state index in [0.717, 1.165) is 5.69 Å². The van der Waals surface area contributed by atoms with Crippen LogP contribution in [-0.4, -0.2) is 44.9 Å². The number of hydrogen-bond donors (Lipinski definition) is 2. The van der Waals surface area contributed by atoms with Gasteiger partial charge in [-0.15, -0.1) is 15.3 Å². The Hall–Kier alpha value is -4.45. The number of fused-ring (bicyclic) bond motifs is 1. The van der Waals surface area contributed by atoms with Gasteiger partial charge in [-0.25, -0.2) is 9.37 Å². The lowest BCUT2D eigenvalue weighted by atomic mass is 9.99. The van der Waals surface area contributed by atoms with Crippen LogP contribution in [0.2, 0.25) is 5.02 Å². The van der Waals surface area contributed by atoms with Crippen LogP contribution in [0, 0.1) is 5.82 Å². The van der Waals surface area contributed by atoms with E-state index in [-0.39, 0.29) is 28.1 Å². The number of aromatic nitrogens is 9. The molecule has 1 aliphatic heterocycles. The molecule has 13 heteroatoms. The summed E-state index contributed by atoms with van der Waals surface area (Å²) in [7, 11) is 0. The minimum Gasteiger partial charge on any atom is -0.382 e. The van der Waals surface area contributed by atoms with Crippen molar-refractivity contribution in [3.8, 4) is 28.2 Å². The second-order valence-electron chi connectivity index (χ2n) is 8.57. The van der Waals surface area contributed by atoms with E-state index in [1.54, 1.807) is 29.0 Å². The summed E-state index contributed by atoms with van der Waals surface area (Å²) in [6.07, 6.45) is 3.64. The molecule has 0 aliphatic carbocycles. The third-order valence-electron chi connectivity index (χ3n) is 6.32. The first kappa shape index (κ1) is 22.0. The number of tetrazole rings is 1. The number of nitrogens with one attached hydrogen (secondary N) is 1. The van der Waals surface area contributed by atoms with E-state index >= 15 is 4.39 Å². The Morgan fingerprint density at radius 1 is 1.19 bits per heavy atom. The predicted molar refractivity (Wildman–Crippen MR) is 129 cm³/mol. The number of benzene rings is 1. The average Bonchev–Trinajstić information content (AvgIpc) is 3.62. The van der Waals surface area contributed by atoms with Crippen molar-refractivity contribution in [3.05, 3.63) is 81.6 Å². The summed E-state index contributed by atoms with van der Waals surface area (Å²) in [5, 5.41) is 19.0. The van der Waals surface area contributed by atoms with Gasteiger partial charge in [0, 0.05) is 17.3 Å². The number of nitrogen functional groups attached to an aromatic ring is 1. The lowest BCUT2D eigenvalue weighted by Crippen LogP contribution is -2.24. The third-order valence-corrected chi connectivity index (χ3v) is 6.61. The van der Waals surface area contributed by atoms with Gasteiger partial charge in [-0.05, 0) is 58.7 Å². The van der Waals surface area contributed by atoms with Crippen LogP contribution in [0.1, 0.15) is 36.8 Å². The molecule has 5 heterocycles. The molecule has 3 N–H and O–H groups in total. The SMILES string of the molecule is C[C@H]1C[C@@H](c2ncc(-c3ccc(N)nn3)[nH]2)n2c1cc(-c1c(-n3cnnn3)ccc(Cl)c1F)cc2=O. The van der Waals surface area contributed by atoms with Crippen molar-refractivity contribution >= 4 is 17.4 Å². The molecule has 0 unspecified atom stereocenters. The van der Waals surface area contributed by atoms with Crippen LogP contribution in [0.3, 0.4) is 0 Å². The second-order valence-corrected chi connectivity index (χ2v) is 8.97. The molecule has 5 aromatic rings. The van der Waals surface area contributed by atoms with Gasteiger partial charge in [0.1, 0.15) is 23.7 Å². The summed E-state index contributed by atoms with van der Waals surface area (Å²) >= 11 is 6.10. The van der Waals surface area contributed by atoms with Gasteiger partial charge in [0.15, 0.2) is 5.82 Å². The molecule has 6 rings (SSSR count). The van der Waals surface area contributed by atoms with Gasteiger partial charge in [-0.1, -0.05) is 18.5 Å². The molecular formula is C23H18ClFN10O. The molecule has 0 amide bonds. The molecule has 0 radical (unpaired) electrons. The minimum absolute atomic E-state index is 0.00578. The Morgan fingerprint density at radius 3 is 2.81 bits per heavy atom. The summed E-state index contributed by atoms with van der Waals surface area (Å²) in [6.45, 7) is 2.01. The summed E-state index contributed by atoms with van der Waals surface area (Å²) in [5.41, 5.74) is 8.25. The minimum atomic E-state index is -0.656. The van der Waals surface area contributed by atoms with Crippen LogP contribution in [0.25, 0.3) is 28.2 Å². The Kier molecular flexibility index (Phi) is 5.11. The molecular weight excluding hydrogens is 487 g/mol.